The SMILES string of the molecule is O=C(c1cn2ccsc2n1)N1CCOC(c2ccc(Cl)cc2)C1. The predicted molar refractivity (Wildman–Crippen MR) is 89.1 cm³/mol. The second-order valence-electron chi connectivity index (χ2n) is 5.38. The molecule has 0 spiro atoms. The number of morpholine rings is 1. The number of hydrogen-bond donors (Lipinski definition) is 0. The zero-order valence-electron chi connectivity index (χ0n) is 12.2. The van der Waals surface area contributed by atoms with Gasteiger partial charge in [-0.1, -0.05) is 23.7 Å². The van der Waals surface area contributed by atoms with Gasteiger partial charge in [0.15, 0.2) is 4.96 Å². The van der Waals surface area contributed by atoms with Gasteiger partial charge in [-0.05, 0) is 17.7 Å². The summed E-state index contributed by atoms with van der Waals surface area (Å²) in [6.45, 7) is 1.61. The lowest BCUT2D eigenvalue weighted by molar-refractivity contribution is -0.0229. The maximum atomic E-state index is 12.7. The van der Waals surface area contributed by atoms with E-state index in [1.165, 1.54) is 11.3 Å². The Hall–Kier alpha value is -1.89. The van der Waals surface area contributed by atoms with Crippen molar-refractivity contribution in [3.8, 4) is 0 Å². The van der Waals surface area contributed by atoms with Crippen LogP contribution in [0.15, 0.2) is 42.0 Å². The second kappa shape index (κ2) is 5.96. The van der Waals surface area contributed by atoms with Gasteiger partial charge in [0, 0.05) is 29.3 Å². The fourth-order valence-electron chi connectivity index (χ4n) is 2.71. The third kappa shape index (κ3) is 2.85. The van der Waals surface area contributed by atoms with E-state index in [0.717, 1.165) is 10.5 Å². The van der Waals surface area contributed by atoms with E-state index in [0.29, 0.717) is 30.4 Å². The van der Waals surface area contributed by atoms with Crippen LogP contribution < -0.4 is 0 Å². The van der Waals surface area contributed by atoms with Crippen molar-refractivity contribution >= 4 is 33.8 Å². The number of carbonyl (C=O) groups is 1. The summed E-state index contributed by atoms with van der Waals surface area (Å²) in [5.74, 6) is -0.0526. The summed E-state index contributed by atoms with van der Waals surface area (Å²) in [6.07, 6.45) is 3.55. The number of rotatable bonds is 2. The Morgan fingerprint density at radius 1 is 1.35 bits per heavy atom. The molecule has 118 valence electrons. The van der Waals surface area contributed by atoms with Gasteiger partial charge in [-0.2, -0.15) is 0 Å². The van der Waals surface area contributed by atoms with E-state index in [4.69, 9.17) is 16.3 Å². The molecule has 2 aromatic heterocycles. The number of hydrogen-bond acceptors (Lipinski definition) is 4. The number of imidazole rings is 1. The zero-order chi connectivity index (χ0) is 15.8. The van der Waals surface area contributed by atoms with Crippen LogP contribution in [0, 0.1) is 0 Å². The fourth-order valence-corrected chi connectivity index (χ4v) is 3.53. The Balaban J connectivity index is 1.53. The van der Waals surface area contributed by atoms with Gasteiger partial charge in [0.05, 0.1) is 13.2 Å². The first-order valence-corrected chi connectivity index (χ1v) is 8.55. The second-order valence-corrected chi connectivity index (χ2v) is 6.69. The molecule has 1 saturated heterocycles. The van der Waals surface area contributed by atoms with Crippen LogP contribution in [0.1, 0.15) is 22.2 Å². The van der Waals surface area contributed by atoms with Gasteiger partial charge >= 0.3 is 0 Å². The standard InChI is InChI=1S/C16H14ClN3O2S/c17-12-3-1-11(2-4-12)14-10-19(5-7-22-14)15(21)13-9-20-6-8-23-16(20)18-13/h1-4,6,8-9,14H,5,7,10H2. The van der Waals surface area contributed by atoms with Crippen molar-refractivity contribution in [3.05, 3.63) is 58.3 Å². The quantitative estimate of drug-likeness (QED) is 0.714. The van der Waals surface area contributed by atoms with Gasteiger partial charge in [-0.25, -0.2) is 4.98 Å². The molecule has 1 aromatic carbocycles. The molecule has 0 aliphatic carbocycles. The van der Waals surface area contributed by atoms with Crippen LogP contribution in [-0.2, 0) is 4.74 Å². The number of fused-ring (bicyclic) bond motifs is 1. The maximum Gasteiger partial charge on any atom is 0.274 e. The molecule has 23 heavy (non-hydrogen) atoms. The number of benzene rings is 1. The summed E-state index contributed by atoms with van der Waals surface area (Å²) in [5, 5.41) is 2.64. The number of carbonyl (C=O) groups excluding carboxylic acids is 1. The van der Waals surface area contributed by atoms with E-state index in [1.54, 1.807) is 11.1 Å². The molecule has 1 atom stereocenters. The zero-order valence-corrected chi connectivity index (χ0v) is 13.8. The molecular weight excluding hydrogens is 334 g/mol. The topological polar surface area (TPSA) is 46.8 Å². The molecule has 4 rings (SSSR count). The Morgan fingerprint density at radius 2 is 2.17 bits per heavy atom. The summed E-state index contributed by atoms with van der Waals surface area (Å²) in [6, 6.07) is 7.55. The summed E-state index contributed by atoms with van der Waals surface area (Å²) < 4.78 is 7.67. The Kier molecular flexibility index (Phi) is 3.80. The molecule has 3 heterocycles. The summed E-state index contributed by atoms with van der Waals surface area (Å²) in [7, 11) is 0. The molecular formula is C16H14ClN3O2S. The third-order valence-corrected chi connectivity index (χ3v) is 4.93. The van der Waals surface area contributed by atoms with Crippen molar-refractivity contribution in [3.63, 3.8) is 0 Å². The van der Waals surface area contributed by atoms with Crippen molar-refractivity contribution in [1.82, 2.24) is 14.3 Å². The van der Waals surface area contributed by atoms with E-state index in [2.05, 4.69) is 4.98 Å². The minimum Gasteiger partial charge on any atom is -0.370 e. The molecule has 1 unspecified atom stereocenters. The molecule has 1 aliphatic heterocycles. The van der Waals surface area contributed by atoms with Crippen LogP contribution in [0.4, 0.5) is 0 Å². The minimum atomic E-state index is -0.131. The number of halogens is 1. The highest BCUT2D eigenvalue weighted by molar-refractivity contribution is 7.15. The minimum absolute atomic E-state index is 0.0526. The highest BCUT2D eigenvalue weighted by Gasteiger charge is 2.27. The van der Waals surface area contributed by atoms with Gasteiger partial charge in [0.2, 0.25) is 0 Å². The van der Waals surface area contributed by atoms with Crippen LogP contribution in [0.5, 0.6) is 0 Å². The van der Waals surface area contributed by atoms with E-state index in [-0.39, 0.29) is 12.0 Å². The fraction of sp³-hybridized carbons (Fsp3) is 0.250. The van der Waals surface area contributed by atoms with Gasteiger partial charge in [0.25, 0.3) is 5.91 Å². The summed E-state index contributed by atoms with van der Waals surface area (Å²) in [5.41, 5.74) is 1.51. The normalized spacial score (nSPS) is 18.5. The number of aromatic nitrogens is 2. The van der Waals surface area contributed by atoms with Gasteiger partial charge in [-0.3, -0.25) is 9.20 Å². The molecule has 0 saturated carbocycles. The average Bonchev–Trinajstić information content (AvgIpc) is 3.16. The van der Waals surface area contributed by atoms with Crippen molar-refractivity contribution in [2.75, 3.05) is 19.7 Å². The molecule has 1 fully saturated rings. The first-order valence-electron chi connectivity index (χ1n) is 7.29. The first kappa shape index (κ1) is 14.7. The predicted octanol–water partition coefficient (Wildman–Crippen LogP) is 3.26. The van der Waals surface area contributed by atoms with Gasteiger partial charge in [0.1, 0.15) is 11.8 Å². The molecule has 0 radical (unpaired) electrons. The van der Waals surface area contributed by atoms with E-state index in [1.807, 2.05) is 40.2 Å². The Bertz CT molecular complexity index is 814. The molecule has 7 heteroatoms. The van der Waals surface area contributed by atoms with E-state index >= 15 is 0 Å². The van der Waals surface area contributed by atoms with Gasteiger partial charge in [-0.15, -0.1) is 11.3 Å². The smallest absolute Gasteiger partial charge is 0.274 e. The van der Waals surface area contributed by atoms with Crippen LogP contribution in [-0.4, -0.2) is 39.9 Å². The van der Waals surface area contributed by atoms with Crippen molar-refractivity contribution < 1.29 is 9.53 Å². The Morgan fingerprint density at radius 3 is 2.96 bits per heavy atom. The van der Waals surface area contributed by atoms with Crippen molar-refractivity contribution in [2.45, 2.75) is 6.10 Å². The van der Waals surface area contributed by atoms with Crippen LogP contribution in [0.2, 0.25) is 5.02 Å². The maximum absolute atomic E-state index is 12.7. The lowest BCUT2D eigenvalue weighted by Gasteiger charge is -2.32. The van der Waals surface area contributed by atoms with Crippen LogP contribution in [0.25, 0.3) is 4.96 Å². The molecule has 1 amide bonds. The van der Waals surface area contributed by atoms with Crippen molar-refractivity contribution in [1.29, 1.82) is 0 Å². The van der Waals surface area contributed by atoms with Crippen LogP contribution in [0.3, 0.4) is 0 Å². The highest BCUT2D eigenvalue weighted by atomic mass is 35.5. The van der Waals surface area contributed by atoms with Crippen molar-refractivity contribution in [2.24, 2.45) is 0 Å². The lowest BCUT2D eigenvalue weighted by Crippen LogP contribution is -2.42. The third-order valence-electron chi connectivity index (χ3n) is 3.91. The van der Waals surface area contributed by atoms with E-state index in [9.17, 15) is 4.79 Å². The number of amides is 1. The molecule has 5 nitrogen and oxygen atoms in total. The number of thiazole rings is 1. The molecule has 3 aromatic rings. The molecule has 1 aliphatic rings. The molecule has 0 bridgehead atoms. The Labute approximate surface area is 142 Å². The number of nitrogens with zero attached hydrogens (tertiary/aromatic N) is 3. The first-order chi connectivity index (χ1) is 11.2. The monoisotopic (exact) mass is 347 g/mol. The van der Waals surface area contributed by atoms with Gasteiger partial charge < -0.3 is 9.64 Å². The molecule has 0 N–H and O–H groups in total. The summed E-state index contributed by atoms with van der Waals surface area (Å²) >= 11 is 7.44. The van der Waals surface area contributed by atoms with Crippen LogP contribution >= 0.6 is 22.9 Å². The lowest BCUT2D eigenvalue weighted by atomic mass is 10.1. The summed E-state index contributed by atoms with van der Waals surface area (Å²) in [4.78, 5) is 19.7. The largest absolute Gasteiger partial charge is 0.370 e. The number of ether oxygens (including phenoxy) is 1. The van der Waals surface area contributed by atoms with E-state index < -0.39 is 0 Å². The average molecular weight is 348 g/mol. The highest BCUT2D eigenvalue weighted by Crippen LogP contribution is 2.24.